The molecule has 2 aliphatic heterocycles. The molecular formula is C22H20N2O4. The quantitative estimate of drug-likeness (QED) is 0.517. The molecule has 2 aromatic heterocycles. The summed E-state index contributed by atoms with van der Waals surface area (Å²) in [5.41, 5.74) is 4.19. The largest absolute Gasteiger partial charge is 0.458 e. The number of pyridine rings is 2. The average molecular weight is 376 g/mol. The standard InChI is InChI=1S/C22H20N2O4/c1-4-22(27)15-8-17-19-13(9-24(17)20(25)14(15)10-28-21(22)26)12(3)18-11(2)6-5-7-16(18)23-19/h5-8,27H,4,9-10H2,1-3H3. The van der Waals surface area contributed by atoms with Gasteiger partial charge >= 0.3 is 5.97 Å². The van der Waals surface area contributed by atoms with Gasteiger partial charge in [-0.25, -0.2) is 9.78 Å². The van der Waals surface area contributed by atoms with Crippen LogP contribution in [-0.4, -0.2) is 20.6 Å². The molecule has 0 amide bonds. The van der Waals surface area contributed by atoms with Gasteiger partial charge in [-0.2, -0.15) is 0 Å². The summed E-state index contributed by atoms with van der Waals surface area (Å²) in [4.78, 5) is 30.3. The number of aliphatic hydroxyl groups is 1. The number of carbonyl (C=O) groups is 1. The molecule has 0 aliphatic carbocycles. The first-order chi connectivity index (χ1) is 13.4. The molecule has 6 heteroatoms. The van der Waals surface area contributed by atoms with E-state index in [2.05, 4.69) is 19.9 Å². The summed E-state index contributed by atoms with van der Waals surface area (Å²) < 4.78 is 6.79. The second-order valence-corrected chi connectivity index (χ2v) is 7.64. The molecule has 142 valence electrons. The van der Waals surface area contributed by atoms with Gasteiger partial charge in [-0.3, -0.25) is 4.79 Å². The van der Waals surface area contributed by atoms with Crippen LogP contribution in [0.15, 0.2) is 29.1 Å². The highest BCUT2D eigenvalue weighted by Crippen LogP contribution is 2.40. The number of fused-ring (bicyclic) bond motifs is 5. The fourth-order valence-electron chi connectivity index (χ4n) is 4.57. The zero-order valence-electron chi connectivity index (χ0n) is 16.0. The van der Waals surface area contributed by atoms with Gasteiger partial charge in [0.15, 0.2) is 5.60 Å². The number of rotatable bonds is 1. The summed E-state index contributed by atoms with van der Waals surface area (Å²) in [5.74, 6) is -0.705. The number of hydrogen-bond donors (Lipinski definition) is 1. The number of hydrogen-bond acceptors (Lipinski definition) is 5. The lowest BCUT2D eigenvalue weighted by molar-refractivity contribution is -0.172. The number of nitrogens with zero attached hydrogens (tertiary/aromatic N) is 2. The lowest BCUT2D eigenvalue weighted by Crippen LogP contribution is -2.44. The molecule has 0 radical (unpaired) electrons. The van der Waals surface area contributed by atoms with Gasteiger partial charge in [0.05, 0.1) is 29.0 Å². The van der Waals surface area contributed by atoms with E-state index in [1.165, 1.54) is 0 Å². The smallest absolute Gasteiger partial charge is 0.343 e. The molecule has 1 aromatic carbocycles. The Balaban J connectivity index is 1.85. The van der Waals surface area contributed by atoms with Crippen molar-refractivity contribution >= 4 is 16.9 Å². The lowest BCUT2D eigenvalue weighted by Gasteiger charge is -2.31. The summed E-state index contributed by atoms with van der Waals surface area (Å²) in [6.07, 6.45) is 0.137. The van der Waals surface area contributed by atoms with Crippen molar-refractivity contribution in [3.05, 3.63) is 62.4 Å². The van der Waals surface area contributed by atoms with Gasteiger partial charge in [-0.05, 0) is 43.5 Å². The number of esters is 1. The third kappa shape index (κ3) is 1.98. The summed E-state index contributed by atoms with van der Waals surface area (Å²) in [6, 6.07) is 7.74. The Morgan fingerprint density at radius 3 is 2.79 bits per heavy atom. The molecule has 0 bridgehead atoms. The number of carbonyl (C=O) groups excluding carboxylic acids is 1. The van der Waals surface area contributed by atoms with Crippen molar-refractivity contribution in [2.45, 2.75) is 45.9 Å². The highest BCUT2D eigenvalue weighted by molar-refractivity contribution is 5.90. The van der Waals surface area contributed by atoms with E-state index in [-0.39, 0.29) is 18.6 Å². The monoisotopic (exact) mass is 376 g/mol. The number of benzene rings is 1. The van der Waals surface area contributed by atoms with Crippen molar-refractivity contribution in [3.8, 4) is 11.4 Å². The third-order valence-corrected chi connectivity index (χ3v) is 6.20. The molecule has 0 spiro atoms. The van der Waals surface area contributed by atoms with Gasteiger partial charge in [0.1, 0.15) is 6.61 Å². The van der Waals surface area contributed by atoms with Crippen LogP contribution in [0.1, 0.15) is 41.2 Å². The highest BCUT2D eigenvalue weighted by atomic mass is 16.6. The van der Waals surface area contributed by atoms with Crippen molar-refractivity contribution in [3.63, 3.8) is 0 Å². The molecule has 4 heterocycles. The third-order valence-electron chi connectivity index (χ3n) is 6.20. The predicted molar refractivity (Wildman–Crippen MR) is 104 cm³/mol. The van der Waals surface area contributed by atoms with Gasteiger partial charge < -0.3 is 14.4 Å². The molecule has 3 aromatic rings. The fraction of sp³-hybridized carbons (Fsp3) is 0.318. The van der Waals surface area contributed by atoms with Crippen LogP contribution >= 0.6 is 0 Å². The van der Waals surface area contributed by atoms with Gasteiger partial charge in [0, 0.05) is 16.5 Å². The van der Waals surface area contributed by atoms with Crippen molar-refractivity contribution < 1.29 is 14.6 Å². The summed E-state index contributed by atoms with van der Waals surface area (Å²) in [6.45, 7) is 6.13. The van der Waals surface area contributed by atoms with Crippen LogP contribution in [0.5, 0.6) is 0 Å². The topological polar surface area (TPSA) is 81.4 Å². The Bertz CT molecular complexity index is 1260. The van der Waals surface area contributed by atoms with Crippen LogP contribution < -0.4 is 5.56 Å². The number of cyclic esters (lactones) is 1. The molecule has 0 fully saturated rings. The molecule has 2 aliphatic rings. The van der Waals surface area contributed by atoms with E-state index in [0.717, 1.165) is 33.3 Å². The predicted octanol–water partition coefficient (Wildman–Crippen LogP) is 2.70. The van der Waals surface area contributed by atoms with Gasteiger partial charge in [0.25, 0.3) is 5.56 Å². The fourth-order valence-corrected chi connectivity index (χ4v) is 4.57. The van der Waals surface area contributed by atoms with Crippen LogP contribution in [0.3, 0.4) is 0 Å². The van der Waals surface area contributed by atoms with Crippen molar-refractivity contribution in [1.82, 2.24) is 9.55 Å². The maximum absolute atomic E-state index is 13.2. The molecule has 0 saturated heterocycles. The molecule has 1 unspecified atom stereocenters. The van der Waals surface area contributed by atoms with Crippen LogP contribution in [0.2, 0.25) is 0 Å². The molecular weight excluding hydrogens is 356 g/mol. The van der Waals surface area contributed by atoms with E-state index in [1.807, 2.05) is 12.1 Å². The molecule has 6 nitrogen and oxygen atoms in total. The summed E-state index contributed by atoms with van der Waals surface area (Å²) in [5, 5.41) is 12.0. The maximum Gasteiger partial charge on any atom is 0.343 e. The number of ether oxygens (including phenoxy) is 1. The van der Waals surface area contributed by atoms with Crippen LogP contribution in [-0.2, 0) is 28.3 Å². The SMILES string of the molecule is CCC1(O)C(=O)OCc2c1cc1n(c2=O)Cc2c-1nc1cccc(C)c1c2C. The minimum atomic E-state index is -1.80. The van der Waals surface area contributed by atoms with Crippen LogP contribution in [0.25, 0.3) is 22.3 Å². The molecule has 28 heavy (non-hydrogen) atoms. The average Bonchev–Trinajstić information content (AvgIpc) is 3.05. The van der Waals surface area contributed by atoms with E-state index in [1.54, 1.807) is 17.6 Å². The Kier molecular flexibility index (Phi) is 3.37. The van der Waals surface area contributed by atoms with Gasteiger partial charge in [0.2, 0.25) is 0 Å². The molecule has 0 saturated carbocycles. The van der Waals surface area contributed by atoms with Crippen LogP contribution in [0, 0.1) is 13.8 Å². The number of aryl methyl sites for hydroxylation is 2. The number of aromatic nitrogens is 2. The lowest BCUT2D eigenvalue weighted by atomic mass is 9.86. The van der Waals surface area contributed by atoms with E-state index >= 15 is 0 Å². The normalized spacial score (nSPS) is 19.9. The second kappa shape index (κ2) is 5.52. The van der Waals surface area contributed by atoms with Crippen molar-refractivity contribution in [2.75, 3.05) is 0 Å². The minimum absolute atomic E-state index is 0.112. The second-order valence-electron chi connectivity index (χ2n) is 7.64. The van der Waals surface area contributed by atoms with Crippen molar-refractivity contribution in [2.24, 2.45) is 0 Å². The first-order valence-electron chi connectivity index (χ1n) is 9.42. The summed E-state index contributed by atoms with van der Waals surface area (Å²) in [7, 11) is 0. The summed E-state index contributed by atoms with van der Waals surface area (Å²) >= 11 is 0. The zero-order chi connectivity index (χ0) is 19.8. The Morgan fingerprint density at radius 1 is 1.25 bits per heavy atom. The highest BCUT2D eigenvalue weighted by Gasteiger charge is 2.45. The minimum Gasteiger partial charge on any atom is -0.458 e. The van der Waals surface area contributed by atoms with Gasteiger partial charge in [-0.1, -0.05) is 19.1 Å². The molecule has 1 N–H and O–H groups in total. The van der Waals surface area contributed by atoms with Crippen LogP contribution in [0.4, 0.5) is 0 Å². The molecule has 5 rings (SSSR count). The van der Waals surface area contributed by atoms with Crippen molar-refractivity contribution in [1.29, 1.82) is 0 Å². The Labute approximate surface area is 161 Å². The van der Waals surface area contributed by atoms with Gasteiger partial charge in [-0.15, -0.1) is 0 Å². The van der Waals surface area contributed by atoms with E-state index < -0.39 is 11.6 Å². The van der Waals surface area contributed by atoms with E-state index in [9.17, 15) is 14.7 Å². The van der Waals surface area contributed by atoms with E-state index in [0.29, 0.717) is 23.4 Å². The van der Waals surface area contributed by atoms with E-state index in [4.69, 9.17) is 9.72 Å². The first kappa shape index (κ1) is 17.1. The Morgan fingerprint density at radius 2 is 2.04 bits per heavy atom. The Hall–Kier alpha value is -2.99. The maximum atomic E-state index is 13.2. The first-order valence-corrected chi connectivity index (χ1v) is 9.42. The zero-order valence-corrected chi connectivity index (χ0v) is 16.0. The molecule has 1 atom stereocenters.